The SMILES string of the molecule is CC(=O)N(C1=C[C@H](O)[C@H]2[C@@H]1[C@H]1C=C[C@@H]2C1)[C@H](C)c1ccccc1. The number of carbonyl (C=O) groups is 1. The van der Waals surface area contributed by atoms with Crippen LogP contribution in [0.25, 0.3) is 0 Å². The van der Waals surface area contributed by atoms with Crippen LogP contribution in [0.5, 0.6) is 0 Å². The Morgan fingerprint density at radius 2 is 1.91 bits per heavy atom. The van der Waals surface area contributed by atoms with Crippen LogP contribution >= 0.6 is 0 Å². The normalized spacial score (nSPS) is 35.1. The lowest BCUT2D eigenvalue weighted by Crippen LogP contribution is -2.35. The van der Waals surface area contributed by atoms with Gasteiger partial charge in [0, 0.05) is 24.5 Å². The molecule has 0 aliphatic heterocycles. The Bertz CT molecular complexity index is 678. The van der Waals surface area contributed by atoms with Crippen LogP contribution in [-0.4, -0.2) is 22.0 Å². The summed E-state index contributed by atoms with van der Waals surface area (Å²) in [7, 11) is 0. The molecule has 0 heterocycles. The minimum Gasteiger partial charge on any atom is -0.389 e. The van der Waals surface area contributed by atoms with E-state index in [1.54, 1.807) is 6.92 Å². The number of amides is 1. The van der Waals surface area contributed by atoms with Gasteiger partial charge in [-0.25, -0.2) is 0 Å². The third-order valence-corrected chi connectivity index (χ3v) is 5.88. The van der Waals surface area contributed by atoms with Crippen molar-refractivity contribution in [2.45, 2.75) is 32.4 Å². The minimum absolute atomic E-state index is 0.0194. The van der Waals surface area contributed by atoms with E-state index in [-0.39, 0.29) is 23.8 Å². The van der Waals surface area contributed by atoms with Gasteiger partial charge in [-0.05, 0) is 36.8 Å². The summed E-state index contributed by atoms with van der Waals surface area (Å²) in [6, 6.07) is 10.1. The van der Waals surface area contributed by atoms with Crippen molar-refractivity contribution in [3.63, 3.8) is 0 Å². The molecule has 0 unspecified atom stereocenters. The van der Waals surface area contributed by atoms with Gasteiger partial charge in [0.1, 0.15) is 0 Å². The first-order chi connectivity index (χ1) is 11.1. The van der Waals surface area contributed by atoms with E-state index in [9.17, 15) is 9.90 Å². The van der Waals surface area contributed by atoms with Gasteiger partial charge >= 0.3 is 0 Å². The first-order valence-electron chi connectivity index (χ1n) is 8.50. The second-order valence-electron chi connectivity index (χ2n) is 7.11. The third kappa shape index (κ3) is 2.18. The number of aliphatic hydroxyl groups excluding tert-OH is 1. The Balaban J connectivity index is 1.70. The van der Waals surface area contributed by atoms with E-state index in [1.807, 2.05) is 29.2 Å². The molecule has 1 N–H and O–H groups in total. The van der Waals surface area contributed by atoms with Gasteiger partial charge in [-0.2, -0.15) is 0 Å². The molecule has 2 bridgehead atoms. The zero-order valence-corrected chi connectivity index (χ0v) is 13.6. The summed E-state index contributed by atoms with van der Waals surface area (Å²) in [5, 5.41) is 10.5. The molecule has 4 rings (SSSR count). The number of rotatable bonds is 3. The number of fused-ring (bicyclic) bond motifs is 5. The first-order valence-corrected chi connectivity index (χ1v) is 8.50. The van der Waals surface area contributed by atoms with Crippen molar-refractivity contribution in [1.82, 2.24) is 4.90 Å². The molecule has 6 atom stereocenters. The lowest BCUT2D eigenvalue weighted by atomic mass is 9.82. The summed E-state index contributed by atoms with van der Waals surface area (Å²) in [5.41, 5.74) is 2.16. The number of nitrogens with zero attached hydrogens (tertiary/aromatic N) is 1. The predicted octanol–water partition coefficient (Wildman–Crippen LogP) is 3.29. The van der Waals surface area contributed by atoms with Gasteiger partial charge in [-0.1, -0.05) is 42.5 Å². The molecule has 0 aromatic heterocycles. The summed E-state index contributed by atoms with van der Waals surface area (Å²) in [4.78, 5) is 14.3. The lowest BCUT2D eigenvalue weighted by Gasteiger charge is -2.35. The largest absolute Gasteiger partial charge is 0.389 e. The van der Waals surface area contributed by atoms with Gasteiger partial charge in [0.2, 0.25) is 5.91 Å². The van der Waals surface area contributed by atoms with Crippen LogP contribution in [0.15, 0.2) is 54.3 Å². The standard InChI is InChI=1S/C20H23NO2/c1-12(14-6-4-3-5-7-14)21(13(2)22)17-11-18(23)20-16-9-8-15(10-16)19(17)20/h3-9,11-12,15-16,18-20,23H,10H2,1-2H3/t12-,15+,16-,18+,19-,20+/m1/s1. The van der Waals surface area contributed by atoms with Crippen LogP contribution in [-0.2, 0) is 4.79 Å². The van der Waals surface area contributed by atoms with Crippen LogP contribution in [0.2, 0.25) is 0 Å². The number of hydrogen-bond acceptors (Lipinski definition) is 2. The van der Waals surface area contributed by atoms with E-state index >= 15 is 0 Å². The van der Waals surface area contributed by atoms with E-state index in [4.69, 9.17) is 0 Å². The highest BCUT2D eigenvalue weighted by Crippen LogP contribution is 2.56. The maximum Gasteiger partial charge on any atom is 0.224 e. The predicted molar refractivity (Wildman–Crippen MR) is 89.2 cm³/mol. The summed E-state index contributed by atoms with van der Waals surface area (Å²) in [5.74, 6) is 1.53. The van der Waals surface area contributed by atoms with Crippen LogP contribution in [0, 0.1) is 23.7 Å². The van der Waals surface area contributed by atoms with Crippen molar-refractivity contribution >= 4 is 5.91 Å². The van der Waals surface area contributed by atoms with E-state index in [2.05, 4.69) is 31.2 Å². The van der Waals surface area contributed by atoms with E-state index in [0.717, 1.165) is 17.7 Å². The average molecular weight is 309 g/mol. The Morgan fingerprint density at radius 3 is 2.61 bits per heavy atom. The Kier molecular flexibility index (Phi) is 3.42. The number of allylic oxidation sites excluding steroid dienone is 3. The van der Waals surface area contributed by atoms with Crippen LogP contribution in [0.1, 0.15) is 31.9 Å². The third-order valence-electron chi connectivity index (χ3n) is 5.88. The zero-order valence-electron chi connectivity index (χ0n) is 13.6. The van der Waals surface area contributed by atoms with Crippen molar-refractivity contribution < 1.29 is 9.90 Å². The maximum atomic E-state index is 12.4. The van der Waals surface area contributed by atoms with Crippen molar-refractivity contribution in [2.75, 3.05) is 0 Å². The highest BCUT2D eigenvalue weighted by Gasteiger charge is 2.53. The van der Waals surface area contributed by atoms with E-state index < -0.39 is 6.10 Å². The first kappa shape index (κ1) is 14.7. The average Bonchev–Trinajstić information content (AvgIpc) is 3.22. The van der Waals surface area contributed by atoms with E-state index in [0.29, 0.717) is 11.8 Å². The van der Waals surface area contributed by atoms with Gasteiger partial charge < -0.3 is 10.0 Å². The monoisotopic (exact) mass is 309 g/mol. The molecule has 3 nitrogen and oxygen atoms in total. The summed E-state index contributed by atoms with van der Waals surface area (Å²) < 4.78 is 0. The van der Waals surface area contributed by atoms with Gasteiger partial charge in [-0.3, -0.25) is 4.79 Å². The molecule has 1 amide bonds. The second kappa shape index (κ2) is 5.34. The number of hydrogen-bond donors (Lipinski definition) is 1. The smallest absolute Gasteiger partial charge is 0.224 e. The quantitative estimate of drug-likeness (QED) is 0.870. The maximum absolute atomic E-state index is 12.4. The Labute approximate surface area is 137 Å². The molecular weight excluding hydrogens is 286 g/mol. The molecule has 3 heteroatoms. The Morgan fingerprint density at radius 1 is 1.22 bits per heavy atom. The number of aliphatic hydroxyl groups is 1. The fourth-order valence-electron chi connectivity index (χ4n) is 4.94. The minimum atomic E-state index is -0.431. The van der Waals surface area contributed by atoms with Gasteiger partial charge in [-0.15, -0.1) is 0 Å². The molecular formula is C20H23NO2. The summed E-state index contributed by atoms with van der Waals surface area (Å²) in [6.07, 6.45) is 7.16. The molecule has 1 saturated carbocycles. The fraction of sp³-hybridized carbons (Fsp3) is 0.450. The molecule has 0 radical (unpaired) electrons. The fourth-order valence-corrected chi connectivity index (χ4v) is 4.94. The highest BCUT2D eigenvalue weighted by atomic mass is 16.3. The van der Waals surface area contributed by atoms with Gasteiger partial charge in [0.15, 0.2) is 0 Å². The number of benzene rings is 1. The van der Waals surface area contributed by atoms with E-state index in [1.165, 1.54) is 0 Å². The molecule has 120 valence electrons. The van der Waals surface area contributed by atoms with Crippen LogP contribution in [0.3, 0.4) is 0 Å². The molecule has 23 heavy (non-hydrogen) atoms. The van der Waals surface area contributed by atoms with Crippen molar-refractivity contribution in [3.05, 3.63) is 59.8 Å². The summed E-state index contributed by atoms with van der Waals surface area (Å²) in [6.45, 7) is 3.70. The van der Waals surface area contributed by atoms with Crippen molar-refractivity contribution in [3.8, 4) is 0 Å². The molecule has 0 spiro atoms. The topological polar surface area (TPSA) is 40.5 Å². The summed E-state index contributed by atoms with van der Waals surface area (Å²) >= 11 is 0. The lowest BCUT2D eigenvalue weighted by molar-refractivity contribution is -0.129. The number of carbonyl (C=O) groups excluding carboxylic acids is 1. The molecule has 1 fully saturated rings. The van der Waals surface area contributed by atoms with Crippen molar-refractivity contribution in [1.29, 1.82) is 0 Å². The van der Waals surface area contributed by atoms with Gasteiger partial charge in [0.25, 0.3) is 0 Å². The van der Waals surface area contributed by atoms with Crippen LogP contribution in [0.4, 0.5) is 0 Å². The Hall–Kier alpha value is -1.87. The highest BCUT2D eigenvalue weighted by molar-refractivity contribution is 5.76. The van der Waals surface area contributed by atoms with Crippen LogP contribution < -0.4 is 0 Å². The molecule has 3 aliphatic carbocycles. The molecule has 1 aromatic rings. The second-order valence-corrected chi connectivity index (χ2v) is 7.11. The molecule has 1 aromatic carbocycles. The zero-order chi connectivity index (χ0) is 16.1. The molecule has 3 aliphatic rings. The molecule has 0 saturated heterocycles. The van der Waals surface area contributed by atoms with Gasteiger partial charge in [0.05, 0.1) is 12.1 Å². The van der Waals surface area contributed by atoms with Crippen molar-refractivity contribution in [2.24, 2.45) is 23.7 Å².